The summed E-state index contributed by atoms with van der Waals surface area (Å²) < 4.78 is 1.89. The number of hydrogen-bond acceptors (Lipinski definition) is 4. The van der Waals surface area contributed by atoms with E-state index in [1.165, 1.54) is 6.07 Å². The molecule has 0 aliphatic rings. The minimum absolute atomic E-state index is 0.00764. The third-order valence-electron chi connectivity index (χ3n) is 3.45. The van der Waals surface area contributed by atoms with Gasteiger partial charge < -0.3 is 5.11 Å². The van der Waals surface area contributed by atoms with Gasteiger partial charge in [0.05, 0.1) is 29.3 Å². The minimum atomic E-state index is -1.05. The van der Waals surface area contributed by atoms with E-state index in [2.05, 4.69) is 15.1 Å². The van der Waals surface area contributed by atoms with E-state index >= 15 is 0 Å². The van der Waals surface area contributed by atoms with Gasteiger partial charge in [-0.05, 0) is 44.2 Å². The third kappa shape index (κ3) is 3.26. The van der Waals surface area contributed by atoms with Crippen LogP contribution in [0.3, 0.4) is 0 Å². The number of nitrogens with zero attached hydrogens (tertiary/aromatic N) is 4. The summed E-state index contributed by atoms with van der Waals surface area (Å²) in [6, 6.07) is 12.5. The third-order valence-corrected chi connectivity index (χ3v) is 3.45. The molecule has 0 atom stereocenters. The van der Waals surface area contributed by atoms with Crippen molar-refractivity contribution in [3.8, 4) is 11.4 Å². The van der Waals surface area contributed by atoms with Gasteiger partial charge in [0.2, 0.25) is 0 Å². The van der Waals surface area contributed by atoms with Crippen molar-refractivity contribution in [1.29, 1.82) is 0 Å². The van der Waals surface area contributed by atoms with Crippen molar-refractivity contribution in [3.05, 3.63) is 65.2 Å². The van der Waals surface area contributed by atoms with Gasteiger partial charge in [-0.3, -0.25) is 4.68 Å². The predicted molar refractivity (Wildman–Crippen MR) is 85.2 cm³/mol. The van der Waals surface area contributed by atoms with Crippen LogP contribution in [0.5, 0.6) is 0 Å². The Kier molecular flexibility index (Phi) is 3.89. The molecule has 6 nitrogen and oxygen atoms in total. The molecule has 0 unspecified atom stereocenters. The highest BCUT2D eigenvalue weighted by Crippen LogP contribution is 2.16. The molecule has 1 N–H and O–H groups in total. The quantitative estimate of drug-likeness (QED) is 0.801. The zero-order chi connectivity index (χ0) is 16.4. The lowest BCUT2D eigenvalue weighted by Crippen LogP contribution is -2.06. The Balaban J connectivity index is 1.92. The fourth-order valence-corrected chi connectivity index (χ4v) is 2.40. The van der Waals surface area contributed by atoms with E-state index < -0.39 is 5.97 Å². The highest BCUT2D eigenvalue weighted by atomic mass is 16.4. The molecular weight excluding hydrogens is 292 g/mol. The summed E-state index contributed by atoms with van der Waals surface area (Å²) in [5.74, 6) is -1.05. The maximum atomic E-state index is 11.0. The molecule has 0 aliphatic carbocycles. The minimum Gasteiger partial charge on any atom is -0.477 e. The average molecular weight is 308 g/mol. The SMILES string of the molecule is Cc1cc(C)n(Cc2cccc(-c3cccc(C(=O)O)n3)n2)n1. The van der Waals surface area contributed by atoms with E-state index in [9.17, 15) is 4.79 Å². The Hall–Kier alpha value is -3.02. The van der Waals surface area contributed by atoms with Crippen LogP contribution in [-0.4, -0.2) is 30.8 Å². The second-order valence-electron chi connectivity index (χ2n) is 5.31. The van der Waals surface area contributed by atoms with Crippen LogP contribution in [0, 0.1) is 13.8 Å². The molecule has 0 spiro atoms. The molecule has 3 aromatic heterocycles. The summed E-state index contributed by atoms with van der Waals surface area (Å²) >= 11 is 0. The summed E-state index contributed by atoms with van der Waals surface area (Å²) in [6.07, 6.45) is 0. The summed E-state index contributed by atoms with van der Waals surface area (Å²) in [5, 5.41) is 13.5. The Morgan fingerprint density at radius 1 is 1.09 bits per heavy atom. The van der Waals surface area contributed by atoms with Crippen LogP contribution in [0.1, 0.15) is 27.6 Å². The summed E-state index contributed by atoms with van der Waals surface area (Å²) in [6.45, 7) is 4.52. The molecule has 0 aliphatic heterocycles. The molecule has 3 rings (SSSR count). The van der Waals surface area contributed by atoms with Gasteiger partial charge in [0.1, 0.15) is 5.69 Å². The monoisotopic (exact) mass is 308 g/mol. The van der Waals surface area contributed by atoms with Crippen LogP contribution in [0.2, 0.25) is 0 Å². The molecule has 0 saturated heterocycles. The summed E-state index contributed by atoms with van der Waals surface area (Å²) in [4.78, 5) is 19.7. The molecule has 0 saturated carbocycles. The Morgan fingerprint density at radius 3 is 2.43 bits per heavy atom. The highest BCUT2D eigenvalue weighted by molar-refractivity contribution is 5.85. The van der Waals surface area contributed by atoms with Gasteiger partial charge >= 0.3 is 5.97 Å². The predicted octanol–water partition coefficient (Wildman–Crippen LogP) is 2.70. The van der Waals surface area contributed by atoms with Crippen LogP contribution >= 0.6 is 0 Å². The fraction of sp³-hybridized carbons (Fsp3) is 0.176. The second-order valence-corrected chi connectivity index (χ2v) is 5.31. The van der Waals surface area contributed by atoms with Crippen molar-refractivity contribution in [3.63, 3.8) is 0 Å². The Bertz CT molecular complexity index is 871. The van der Waals surface area contributed by atoms with Crippen LogP contribution in [0.4, 0.5) is 0 Å². The first-order valence-electron chi connectivity index (χ1n) is 7.20. The number of carbonyl (C=O) groups is 1. The number of carboxylic acids is 1. The van der Waals surface area contributed by atoms with Gasteiger partial charge in [-0.2, -0.15) is 5.10 Å². The smallest absolute Gasteiger partial charge is 0.354 e. The molecule has 6 heteroatoms. The van der Waals surface area contributed by atoms with E-state index in [-0.39, 0.29) is 5.69 Å². The van der Waals surface area contributed by atoms with E-state index in [0.29, 0.717) is 17.9 Å². The van der Waals surface area contributed by atoms with Gasteiger partial charge in [-0.25, -0.2) is 14.8 Å². The molecule has 0 fully saturated rings. The number of aromatic carboxylic acids is 1. The lowest BCUT2D eigenvalue weighted by atomic mass is 10.2. The van der Waals surface area contributed by atoms with E-state index in [1.54, 1.807) is 12.1 Å². The van der Waals surface area contributed by atoms with Crippen molar-refractivity contribution in [2.24, 2.45) is 0 Å². The molecule has 3 aromatic rings. The molecule has 116 valence electrons. The number of aryl methyl sites for hydroxylation is 2. The maximum absolute atomic E-state index is 11.0. The highest BCUT2D eigenvalue weighted by Gasteiger charge is 2.09. The van der Waals surface area contributed by atoms with Gasteiger partial charge in [0.25, 0.3) is 0 Å². The molecule has 0 aromatic carbocycles. The van der Waals surface area contributed by atoms with Crippen molar-refractivity contribution in [2.75, 3.05) is 0 Å². The van der Waals surface area contributed by atoms with Crippen molar-refractivity contribution in [1.82, 2.24) is 19.7 Å². The first-order valence-corrected chi connectivity index (χ1v) is 7.20. The number of pyridine rings is 2. The van der Waals surface area contributed by atoms with E-state index in [1.807, 2.05) is 42.8 Å². The first-order chi connectivity index (χ1) is 11.0. The standard InChI is InChI=1S/C17H16N4O2/c1-11-9-12(2)21(20-11)10-13-5-3-6-14(18-13)15-7-4-8-16(19-15)17(22)23/h3-9H,10H2,1-2H3,(H,22,23). The molecule has 0 radical (unpaired) electrons. The van der Waals surface area contributed by atoms with Gasteiger partial charge in [0.15, 0.2) is 0 Å². The second kappa shape index (κ2) is 6.00. The fourth-order valence-electron chi connectivity index (χ4n) is 2.40. The van der Waals surface area contributed by atoms with Crippen LogP contribution in [-0.2, 0) is 6.54 Å². The number of rotatable bonds is 4. The summed E-state index contributed by atoms with van der Waals surface area (Å²) in [7, 11) is 0. The Labute approximate surface area is 133 Å². The van der Waals surface area contributed by atoms with Crippen molar-refractivity contribution >= 4 is 5.97 Å². The average Bonchev–Trinajstić information content (AvgIpc) is 2.85. The Morgan fingerprint density at radius 2 is 1.78 bits per heavy atom. The molecule has 3 heterocycles. The van der Waals surface area contributed by atoms with Crippen LogP contribution < -0.4 is 0 Å². The first kappa shape index (κ1) is 14.9. The number of aromatic nitrogens is 4. The molecule has 0 amide bonds. The summed E-state index contributed by atoms with van der Waals surface area (Å²) in [5.41, 5.74) is 4.08. The number of hydrogen-bond donors (Lipinski definition) is 1. The van der Waals surface area contributed by atoms with Crippen molar-refractivity contribution < 1.29 is 9.90 Å². The number of carboxylic acid groups (broad SMARTS) is 1. The van der Waals surface area contributed by atoms with Crippen LogP contribution in [0.25, 0.3) is 11.4 Å². The normalized spacial score (nSPS) is 10.7. The molecule has 0 bridgehead atoms. The van der Waals surface area contributed by atoms with Gasteiger partial charge in [-0.15, -0.1) is 0 Å². The van der Waals surface area contributed by atoms with Crippen molar-refractivity contribution in [2.45, 2.75) is 20.4 Å². The molecule has 23 heavy (non-hydrogen) atoms. The van der Waals surface area contributed by atoms with Gasteiger partial charge in [0, 0.05) is 5.69 Å². The zero-order valence-corrected chi connectivity index (χ0v) is 12.9. The van der Waals surface area contributed by atoms with E-state index in [4.69, 9.17) is 5.11 Å². The topological polar surface area (TPSA) is 80.9 Å². The molecular formula is C17H16N4O2. The largest absolute Gasteiger partial charge is 0.477 e. The zero-order valence-electron chi connectivity index (χ0n) is 12.9. The van der Waals surface area contributed by atoms with E-state index in [0.717, 1.165) is 17.1 Å². The lowest BCUT2D eigenvalue weighted by molar-refractivity contribution is 0.0690. The van der Waals surface area contributed by atoms with Crippen LogP contribution in [0.15, 0.2) is 42.5 Å². The van der Waals surface area contributed by atoms with Gasteiger partial charge in [-0.1, -0.05) is 12.1 Å². The maximum Gasteiger partial charge on any atom is 0.354 e. The lowest BCUT2D eigenvalue weighted by Gasteiger charge is -2.07.